The number of benzene rings is 4. The number of hydrogen-bond acceptors (Lipinski definition) is 3. The molecular weight excluding hydrogens is 825 g/mol. The first-order valence-corrected chi connectivity index (χ1v) is 24.3. The molecule has 7 rings (SSSR count). The van der Waals surface area contributed by atoms with Crippen LogP contribution in [0.2, 0.25) is 39.3 Å². The van der Waals surface area contributed by atoms with Crippen molar-refractivity contribution < 1.29 is 22.8 Å². The predicted molar refractivity (Wildman–Crippen MR) is 215 cm³/mol. The fourth-order valence-corrected chi connectivity index (χ4v) is 9.84. The molecule has 0 atom stereocenters. The maximum atomic E-state index is 8.96. The van der Waals surface area contributed by atoms with Crippen LogP contribution in [0, 0.1) is 26.0 Å². The van der Waals surface area contributed by atoms with Gasteiger partial charge in [-0.05, 0) is 70.1 Å². The van der Waals surface area contributed by atoms with Crippen molar-refractivity contribution in [2.75, 3.05) is 0 Å². The summed E-state index contributed by atoms with van der Waals surface area (Å²) in [4.78, 5) is 9.20. The summed E-state index contributed by atoms with van der Waals surface area (Å²) in [6, 6.07) is 39.4. The number of thiophene rings is 1. The molecule has 0 aliphatic carbocycles. The first-order valence-electron chi connectivity index (χ1n) is 17.5. The average molecular weight is 871 g/mol. The van der Waals surface area contributed by atoms with Crippen LogP contribution in [0.1, 0.15) is 25.0 Å². The van der Waals surface area contributed by atoms with E-state index >= 15 is 0 Å². The molecule has 0 unspecified atom stereocenters. The van der Waals surface area contributed by atoms with Gasteiger partial charge in [-0.15, -0.1) is 58.8 Å². The van der Waals surface area contributed by atoms with Gasteiger partial charge in [0.25, 0.3) is 0 Å². The predicted octanol–water partition coefficient (Wildman–Crippen LogP) is 10.8. The Kier molecular flexibility index (Phi) is 10.5. The number of nitrogens with zero attached hydrogens (tertiary/aromatic N) is 2. The van der Waals surface area contributed by atoms with Crippen molar-refractivity contribution in [3.63, 3.8) is 0 Å². The van der Waals surface area contributed by atoms with E-state index in [9.17, 15) is 0 Å². The topological polar surface area (TPSA) is 25.8 Å². The van der Waals surface area contributed by atoms with Gasteiger partial charge in [0.1, 0.15) is 0 Å². The van der Waals surface area contributed by atoms with Crippen LogP contribution in [0.25, 0.3) is 42.7 Å². The maximum Gasteiger partial charge on any atom is 0.0795 e. The third-order valence-corrected chi connectivity index (χ3v) is 13.6. The Bertz CT molecular complexity index is 2270. The van der Waals surface area contributed by atoms with Gasteiger partial charge >= 0.3 is 0 Å². The molecule has 0 spiro atoms. The molecule has 0 N–H and O–H groups in total. The van der Waals surface area contributed by atoms with E-state index in [1.54, 1.807) is 23.6 Å². The van der Waals surface area contributed by atoms with Gasteiger partial charge in [0.15, 0.2) is 0 Å². The number of hydrogen-bond donors (Lipinski definition) is 0. The van der Waals surface area contributed by atoms with E-state index in [4.69, 9.17) is 2.74 Å². The molecule has 6 heteroatoms. The zero-order valence-electron chi connectivity index (χ0n) is 31.5. The Balaban J connectivity index is 0.000000249. The van der Waals surface area contributed by atoms with Crippen molar-refractivity contribution in [1.29, 1.82) is 0 Å². The summed E-state index contributed by atoms with van der Waals surface area (Å²) in [5.74, 6) is 0. The molecule has 3 aromatic heterocycles. The second-order valence-corrected chi connectivity index (χ2v) is 25.7. The van der Waals surface area contributed by atoms with E-state index in [0.717, 1.165) is 33.6 Å². The summed E-state index contributed by atoms with van der Waals surface area (Å²) in [7, 11) is -2.83. The summed E-state index contributed by atoms with van der Waals surface area (Å²) in [5, 5.41) is 5.41. The third kappa shape index (κ3) is 8.62. The molecule has 3 heterocycles. The van der Waals surface area contributed by atoms with Crippen LogP contribution in [0.15, 0.2) is 109 Å². The Morgan fingerprint density at radius 3 is 2.12 bits per heavy atom. The van der Waals surface area contributed by atoms with Crippen molar-refractivity contribution in [1.82, 2.24) is 9.97 Å². The van der Waals surface area contributed by atoms with Crippen LogP contribution >= 0.6 is 11.3 Å². The van der Waals surface area contributed by atoms with Gasteiger partial charge in [-0.1, -0.05) is 110 Å². The fraction of sp³-hybridized carbons (Fsp3) is 0.209. The molecule has 251 valence electrons. The summed E-state index contributed by atoms with van der Waals surface area (Å²) in [6.45, 7) is 18.1. The van der Waals surface area contributed by atoms with Gasteiger partial charge in [0.05, 0.1) is 8.07 Å². The van der Waals surface area contributed by atoms with Crippen molar-refractivity contribution in [3.8, 4) is 22.5 Å². The minimum atomic E-state index is -1.62. The Morgan fingerprint density at radius 2 is 1.47 bits per heavy atom. The monoisotopic (exact) mass is 871 g/mol. The quantitative estimate of drug-likeness (QED) is 0.123. The van der Waals surface area contributed by atoms with E-state index in [-0.39, 0.29) is 20.1 Å². The zero-order chi connectivity index (χ0) is 35.8. The molecule has 0 fully saturated rings. The van der Waals surface area contributed by atoms with Crippen LogP contribution in [0.5, 0.6) is 0 Å². The molecule has 0 saturated heterocycles. The molecule has 7 aromatic rings. The van der Waals surface area contributed by atoms with Crippen LogP contribution in [0.3, 0.4) is 0 Å². The summed E-state index contributed by atoms with van der Waals surface area (Å²) in [5.41, 5.74) is 7.20. The van der Waals surface area contributed by atoms with Crippen molar-refractivity contribution in [2.24, 2.45) is 0 Å². The summed E-state index contributed by atoms with van der Waals surface area (Å²) < 4.78 is 20.4. The largest absolute Gasteiger partial charge is 0.305 e. The Hall–Kier alpha value is -3.52. The van der Waals surface area contributed by atoms with Gasteiger partial charge in [-0.2, -0.15) is 11.3 Å². The van der Waals surface area contributed by atoms with E-state index in [1.165, 1.54) is 30.5 Å². The number of aromatic nitrogens is 2. The first kappa shape index (κ1) is 34.0. The van der Waals surface area contributed by atoms with Crippen LogP contribution in [-0.4, -0.2) is 26.1 Å². The third-order valence-electron chi connectivity index (χ3n) is 8.40. The molecule has 0 saturated carbocycles. The minimum Gasteiger partial charge on any atom is -0.305 e. The van der Waals surface area contributed by atoms with Gasteiger partial charge in [-0.25, -0.2) is 0 Å². The molecule has 4 aromatic carbocycles. The van der Waals surface area contributed by atoms with Gasteiger partial charge in [0, 0.05) is 48.0 Å². The van der Waals surface area contributed by atoms with Crippen molar-refractivity contribution in [3.05, 3.63) is 144 Å². The van der Waals surface area contributed by atoms with Crippen LogP contribution in [-0.2, 0) is 26.5 Å². The molecule has 49 heavy (non-hydrogen) atoms. The second-order valence-electron chi connectivity index (χ2n) is 14.5. The smallest absolute Gasteiger partial charge is 0.0795 e. The van der Waals surface area contributed by atoms with E-state index in [2.05, 4.69) is 110 Å². The number of aryl methyl sites for hydroxylation is 2. The summed E-state index contributed by atoms with van der Waals surface area (Å²) in [6.07, 6.45) is 2.12. The first-order chi connectivity index (χ1) is 23.6. The molecular formula is C43H44IrN2SSi2-2. The normalized spacial score (nSPS) is 12.5. The maximum absolute atomic E-state index is 8.96. The van der Waals surface area contributed by atoms with Crippen LogP contribution < -0.4 is 10.4 Å². The van der Waals surface area contributed by atoms with E-state index in [1.807, 2.05) is 62.5 Å². The molecule has 1 radical (unpaired) electrons. The zero-order valence-corrected chi connectivity index (χ0v) is 34.7. The second kappa shape index (κ2) is 15.2. The number of rotatable bonds is 6. The van der Waals surface area contributed by atoms with Gasteiger partial charge in [-0.3, -0.25) is 0 Å². The average Bonchev–Trinajstić information content (AvgIpc) is 3.47. The van der Waals surface area contributed by atoms with E-state index in [0.29, 0.717) is 11.1 Å². The molecule has 0 amide bonds. The van der Waals surface area contributed by atoms with Crippen LogP contribution in [0.4, 0.5) is 0 Å². The van der Waals surface area contributed by atoms with Gasteiger partial charge in [0.2, 0.25) is 0 Å². The molecule has 2 nitrogen and oxygen atoms in total. The van der Waals surface area contributed by atoms with Crippen molar-refractivity contribution in [2.45, 2.75) is 59.5 Å². The minimum absolute atomic E-state index is 0. The summed E-state index contributed by atoms with van der Waals surface area (Å²) >= 11 is 1.78. The van der Waals surface area contributed by atoms with Crippen molar-refractivity contribution >= 4 is 58.0 Å². The standard InChI is InChI=1S/C29H28NSSi.C14H16NSi.Ir/c1-19-14-20(2)16-22(15-19)17-21-12-13-30-25(18-21)23-10-11-27(32(3,4)5)28-24-8-6-7-9-26(24)31-29(23)28;1-16(2,3)13-9-10-14(15-11-13)12-7-5-4-6-8-12;/h6-9,11-16,18H,17H2,1-5H3;4-7,9-11H,1-3H3;/q2*-1;/i17D2;;. The molecule has 0 aliphatic rings. The number of fused-ring (bicyclic) bond motifs is 3. The molecule has 0 bridgehead atoms. The number of pyridine rings is 2. The van der Waals surface area contributed by atoms with Gasteiger partial charge < -0.3 is 9.97 Å². The fourth-order valence-electron chi connectivity index (χ4n) is 5.96. The molecule has 0 aliphatic heterocycles. The van der Waals surface area contributed by atoms with E-state index < -0.39 is 22.5 Å². The Labute approximate surface area is 314 Å². The SMILES string of the molecule is C[Si](C)(C)c1ccc(-c2[c-]cccc2)nc1.[2H]C([2H])(c1cc(C)cc(C)c1)c1ccnc(-c2[c-]cc([Si](C)(C)C)c3c2sc2ccccc23)c1.[Ir]. The Morgan fingerprint density at radius 1 is 0.735 bits per heavy atom.